The lowest BCUT2D eigenvalue weighted by molar-refractivity contribution is 0.242. The number of nitrogens with one attached hydrogen (secondary N) is 1. The number of benzene rings is 2. The highest BCUT2D eigenvalue weighted by Crippen LogP contribution is 2.34. The highest BCUT2D eigenvalue weighted by molar-refractivity contribution is 5.37. The fourth-order valence-corrected chi connectivity index (χ4v) is 3.08. The average molecular weight is 281 g/mol. The first-order valence-electron chi connectivity index (χ1n) is 7.91. The third-order valence-corrected chi connectivity index (χ3v) is 4.14. The van der Waals surface area contributed by atoms with Crippen molar-refractivity contribution in [3.8, 4) is 5.75 Å². The van der Waals surface area contributed by atoms with E-state index in [1.165, 1.54) is 17.5 Å². The van der Waals surface area contributed by atoms with Crippen LogP contribution in [0.1, 0.15) is 49.4 Å². The standard InChI is InChI=1S/C19H23NO/c1-2-8-17(15-9-4-3-5-10-15)20-18-13-14-21-19-12-7-6-11-16(18)19/h3-7,9-12,17-18,20H,2,8,13-14H2,1H3. The number of fused-ring (bicyclic) bond motifs is 1. The first-order chi connectivity index (χ1) is 10.4. The van der Waals surface area contributed by atoms with Crippen molar-refractivity contribution >= 4 is 0 Å². The number of para-hydroxylation sites is 1. The Morgan fingerprint density at radius 1 is 1.10 bits per heavy atom. The highest BCUT2D eigenvalue weighted by Gasteiger charge is 2.23. The molecule has 0 aromatic heterocycles. The Kier molecular flexibility index (Phi) is 4.56. The fourth-order valence-electron chi connectivity index (χ4n) is 3.08. The molecule has 0 radical (unpaired) electrons. The van der Waals surface area contributed by atoms with Crippen LogP contribution in [0.5, 0.6) is 5.75 Å². The van der Waals surface area contributed by atoms with Crippen LogP contribution in [0.3, 0.4) is 0 Å². The molecule has 2 aromatic carbocycles. The van der Waals surface area contributed by atoms with Crippen molar-refractivity contribution in [2.24, 2.45) is 0 Å². The Morgan fingerprint density at radius 3 is 2.67 bits per heavy atom. The van der Waals surface area contributed by atoms with E-state index in [9.17, 15) is 0 Å². The minimum absolute atomic E-state index is 0.381. The van der Waals surface area contributed by atoms with Gasteiger partial charge in [-0.15, -0.1) is 0 Å². The van der Waals surface area contributed by atoms with Gasteiger partial charge in [-0.05, 0) is 18.1 Å². The van der Waals surface area contributed by atoms with Gasteiger partial charge in [-0.25, -0.2) is 0 Å². The molecule has 0 bridgehead atoms. The molecule has 21 heavy (non-hydrogen) atoms. The van der Waals surface area contributed by atoms with Gasteiger partial charge in [0.2, 0.25) is 0 Å². The van der Waals surface area contributed by atoms with Crippen LogP contribution in [0.15, 0.2) is 54.6 Å². The van der Waals surface area contributed by atoms with Crippen molar-refractivity contribution in [2.75, 3.05) is 6.61 Å². The summed E-state index contributed by atoms with van der Waals surface area (Å²) in [5.74, 6) is 1.03. The summed E-state index contributed by atoms with van der Waals surface area (Å²) >= 11 is 0. The van der Waals surface area contributed by atoms with Crippen molar-refractivity contribution in [3.63, 3.8) is 0 Å². The molecule has 110 valence electrons. The van der Waals surface area contributed by atoms with E-state index in [0.717, 1.165) is 25.2 Å². The lowest BCUT2D eigenvalue weighted by Crippen LogP contribution is -2.30. The van der Waals surface area contributed by atoms with Crippen molar-refractivity contribution in [1.29, 1.82) is 0 Å². The van der Waals surface area contributed by atoms with Crippen LogP contribution in [0.4, 0.5) is 0 Å². The van der Waals surface area contributed by atoms with E-state index in [2.05, 4.69) is 60.8 Å². The molecule has 0 saturated heterocycles. The summed E-state index contributed by atoms with van der Waals surface area (Å²) in [6.07, 6.45) is 3.37. The van der Waals surface area contributed by atoms with Gasteiger partial charge in [0.25, 0.3) is 0 Å². The Hall–Kier alpha value is -1.80. The summed E-state index contributed by atoms with van der Waals surface area (Å²) in [5, 5.41) is 3.85. The maximum Gasteiger partial charge on any atom is 0.124 e. The van der Waals surface area contributed by atoms with E-state index in [0.29, 0.717) is 12.1 Å². The van der Waals surface area contributed by atoms with Crippen LogP contribution in [0, 0.1) is 0 Å². The first kappa shape index (κ1) is 14.2. The van der Waals surface area contributed by atoms with E-state index in [1.807, 2.05) is 6.07 Å². The fraction of sp³-hybridized carbons (Fsp3) is 0.368. The van der Waals surface area contributed by atoms with Crippen LogP contribution in [0.25, 0.3) is 0 Å². The zero-order chi connectivity index (χ0) is 14.5. The van der Waals surface area contributed by atoms with E-state index < -0.39 is 0 Å². The summed E-state index contributed by atoms with van der Waals surface area (Å²) in [6.45, 7) is 3.04. The van der Waals surface area contributed by atoms with Gasteiger partial charge in [-0.3, -0.25) is 0 Å². The quantitative estimate of drug-likeness (QED) is 0.862. The van der Waals surface area contributed by atoms with Gasteiger partial charge in [0, 0.05) is 24.1 Å². The Bertz CT molecular complexity index is 567. The predicted molar refractivity (Wildman–Crippen MR) is 86.5 cm³/mol. The van der Waals surface area contributed by atoms with Crippen LogP contribution in [0.2, 0.25) is 0 Å². The molecule has 2 aromatic rings. The summed E-state index contributed by atoms with van der Waals surface area (Å²) in [4.78, 5) is 0. The molecule has 0 aliphatic carbocycles. The number of rotatable bonds is 5. The number of ether oxygens (including phenoxy) is 1. The SMILES string of the molecule is CCCC(NC1CCOc2ccccc21)c1ccccc1. The van der Waals surface area contributed by atoms with E-state index in [4.69, 9.17) is 4.74 Å². The minimum atomic E-state index is 0.381. The van der Waals surface area contributed by atoms with Gasteiger partial charge in [-0.2, -0.15) is 0 Å². The second-order valence-corrected chi connectivity index (χ2v) is 5.65. The summed E-state index contributed by atoms with van der Waals surface area (Å²) in [7, 11) is 0. The first-order valence-corrected chi connectivity index (χ1v) is 7.91. The lowest BCUT2D eigenvalue weighted by Gasteiger charge is -2.31. The summed E-state index contributed by atoms with van der Waals surface area (Å²) < 4.78 is 5.76. The molecule has 1 aliphatic rings. The van der Waals surface area contributed by atoms with Crippen molar-refractivity contribution in [3.05, 3.63) is 65.7 Å². The predicted octanol–water partition coefficient (Wildman–Crippen LogP) is 4.64. The van der Waals surface area contributed by atoms with E-state index in [1.54, 1.807) is 0 Å². The van der Waals surface area contributed by atoms with Crippen LogP contribution in [-0.4, -0.2) is 6.61 Å². The Balaban J connectivity index is 1.81. The maximum absolute atomic E-state index is 5.76. The third kappa shape index (κ3) is 3.27. The molecular weight excluding hydrogens is 258 g/mol. The maximum atomic E-state index is 5.76. The van der Waals surface area contributed by atoms with Gasteiger partial charge in [0.1, 0.15) is 5.75 Å². The topological polar surface area (TPSA) is 21.3 Å². The number of hydrogen-bond acceptors (Lipinski definition) is 2. The zero-order valence-electron chi connectivity index (χ0n) is 12.6. The molecule has 1 heterocycles. The van der Waals surface area contributed by atoms with Crippen molar-refractivity contribution < 1.29 is 4.74 Å². The van der Waals surface area contributed by atoms with Gasteiger partial charge >= 0.3 is 0 Å². The van der Waals surface area contributed by atoms with Crippen LogP contribution in [-0.2, 0) is 0 Å². The van der Waals surface area contributed by atoms with Crippen molar-refractivity contribution in [2.45, 2.75) is 38.3 Å². The van der Waals surface area contributed by atoms with Gasteiger partial charge in [0.05, 0.1) is 6.61 Å². The zero-order valence-corrected chi connectivity index (χ0v) is 12.6. The van der Waals surface area contributed by atoms with Gasteiger partial charge in [0.15, 0.2) is 0 Å². The van der Waals surface area contributed by atoms with Crippen molar-refractivity contribution in [1.82, 2.24) is 5.32 Å². The van der Waals surface area contributed by atoms with Crippen LogP contribution < -0.4 is 10.1 Å². The lowest BCUT2D eigenvalue weighted by atomic mass is 9.96. The molecule has 2 atom stereocenters. The summed E-state index contributed by atoms with van der Waals surface area (Å²) in [6, 6.07) is 19.9. The third-order valence-electron chi connectivity index (χ3n) is 4.14. The molecule has 2 unspecified atom stereocenters. The van der Waals surface area contributed by atoms with Crippen LogP contribution >= 0.6 is 0 Å². The number of hydrogen-bond donors (Lipinski definition) is 1. The Labute approximate surface area is 127 Å². The Morgan fingerprint density at radius 2 is 1.86 bits per heavy atom. The second-order valence-electron chi connectivity index (χ2n) is 5.65. The molecule has 0 spiro atoms. The molecule has 2 nitrogen and oxygen atoms in total. The highest BCUT2D eigenvalue weighted by atomic mass is 16.5. The van der Waals surface area contributed by atoms with Gasteiger partial charge in [-0.1, -0.05) is 61.9 Å². The van der Waals surface area contributed by atoms with Gasteiger partial charge < -0.3 is 10.1 Å². The monoisotopic (exact) mass is 281 g/mol. The molecule has 1 aliphatic heterocycles. The second kappa shape index (κ2) is 6.77. The largest absolute Gasteiger partial charge is 0.493 e. The molecule has 0 amide bonds. The normalized spacial score (nSPS) is 18.6. The smallest absolute Gasteiger partial charge is 0.124 e. The molecular formula is C19H23NO. The molecule has 2 heteroatoms. The molecule has 3 rings (SSSR count). The van der Waals surface area contributed by atoms with E-state index >= 15 is 0 Å². The molecule has 0 saturated carbocycles. The van der Waals surface area contributed by atoms with E-state index in [-0.39, 0.29) is 0 Å². The summed E-state index contributed by atoms with van der Waals surface area (Å²) in [5.41, 5.74) is 2.67. The average Bonchev–Trinajstić information content (AvgIpc) is 2.55. The molecule has 0 fully saturated rings. The minimum Gasteiger partial charge on any atom is -0.493 e. The molecule has 1 N–H and O–H groups in total.